The molecule has 0 unspecified atom stereocenters. The van der Waals surface area contributed by atoms with Crippen LogP contribution in [0.2, 0.25) is 0 Å². The molecule has 162 valence electrons. The van der Waals surface area contributed by atoms with Crippen molar-refractivity contribution in [3.05, 3.63) is 39.8 Å². The highest BCUT2D eigenvalue weighted by Gasteiger charge is 2.31. The molecule has 2 aromatic rings. The maximum atomic E-state index is 13.2. The van der Waals surface area contributed by atoms with Gasteiger partial charge in [-0.1, -0.05) is 0 Å². The molecule has 0 bridgehead atoms. The molecule has 7 heteroatoms. The van der Waals surface area contributed by atoms with Crippen LogP contribution in [0.1, 0.15) is 48.7 Å². The lowest BCUT2D eigenvalue weighted by atomic mass is 9.98. The van der Waals surface area contributed by atoms with Crippen molar-refractivity contribution in [3.8, 4) is 0 Å². The first kappa shape index (κ1) is 21.0. The van der Waals surface area contributed by atoms with Gasteiger partial charge in [0.15, 0.2) is 0 Å². The molecule has 0 spiro atoms. The quantitative estimate of drug-likeness (QED) is 0.772. The number of carbonyl (C=O) groups excluding carboxylic acids is 1. The van der Waals surface area contributed by atoms with Crippen LogP contribution in [-0.2, 0) is 11.3 Å². The summed E-state index contributed by atoms with van der Waals surface area (Å²) in [4.78, 5) is 35.2. The summed E-state index contributed by atoms with van der Waals surface area (Å²) in [6, 6.07) is 4.14. The summed E-state index contributed by atoms with van der Waals surface area (Å²) in [7, 11) is 1.79. The van der Waals surface area contributed by atoms with Crippen LogP contribution in [0.4, 0.5) is 0 Å². The summed E-state index contributed by atoms with van der Waals surface area (Å²) in [5, 5.41) is 0.518. The van der Waals surface area contributed by atoms with Crippen molar-refractivity contribution in [1.29, 1.82) is 0 Å². The van der Waals surface area contributed by atoms with E-state index in [0.717, 1.165) is 44.5 Å². The highest BCUT2D eigenvalue weighted by Crippen LogP contribution is 2.23. The second kappa shape index (κ2) is 8.86. The fourth-order valence-electron chi connectivity index (χ4n) is 4.83. The van der Waals surface area contributed by atoms with Crippen LogP contribution in [0, 0.1) is 6.92 Å². The monoisotopic (exact) mass is 412 g/mol. The molecule has 0 saturated carbocycles. The normalized spacial score (nSPS) is 19.5. The van der Waals surface area contributed by atoms with Gasteiger partial charge in [-0.15, -0.1) is 0 Å². The van der Waals surface area contributed by atoms with E-state index in [9.17, 15) is 9.59 Å². The Hall–Kier alpha value is -2.25. The summed E-state index contributed by atoms with van der Waals surface area (Å²) in [5.41, 5.74) is 1.56. The average Bonchev–Trinajstić information content (AvgIpc) is 2.79. The Morgan fingerprint density at radius 2 is 1.83 bits per heavy atom. The van der Waals surface area contributed by atoms with Crippen molar-refractivity contribution < 1.29 is 9.53 Å². The predicted molar refractivity (Wildman–Crippen MR) is 117 cm³/mol. The van der Waals surface area contributed by atoms with Crippen molar-refractivity contribution in [1.82, 2.24) is 19.4 Å². The number of aryl methyl sites for hydroxylation is 2. The van der Waals surface area contributed by atoms with Gasteiger partial charge in [0.1, 0.15) is 11.2 Å². The second-order valence-electron chi connectivity index (χ2n) is 8.48. The number of likely N-dealkylation sites (tertiary alicyclic amines) is 2. The summed E-state index contributed by atoms with van der Waals surface area (Å²) < 4.78 is 7.38. The van der Waals surface area contributed by atoms with Gasteiger partial charge in [0, 0.05) is 57.8 Å². The van der Waals surface area contributed by atoms with Gasteiger partial charge in [-0.05, 0) is 51.7 Å². The van der Waals surface area contributed by atoms with E-state index in [1.807, 2.05) is 29.4 Å². The molecule has 1 amide bonds. The summed E-state index contributed by atoms with van der Waals surface area (Å²) in [6.45, 7) is 8.09. The molecule has 0 atom stereocenters. The van der Waals surface area contributed by atoms with E-state index >= 15 is 0 Å². The van der Waals surface area contributed by atoms with Crippen LogP contribution in [0.15, 0.2) is 23.1 Å². The molecule has 2 aliphatic heterocycles. The van der Waals surface area contributed by atoms with Gasteiger partial charge in [0.25, 0.3) is 5.91 Å². The Morgan fingerprint density at radius 3 is 2.47 bits per heavy atom. The van der Waals surface area contributed by atoms with Crippen molar-refractivity contribution in [3.63, 3.8) is 0 Å². The van der Waals surface area contributed by atoms with Crippen LogP contribution >= 0.6 is 0 Å². The van der Waals surface area contributed by atoms with E-state index in [1.54, 1.807) is 19.4 Å². The zero-order chi connectivity index (χ0) is 21.3. The minimum Gasteiger partial charge on any atom is -0.381 e. The number of hydrogen-bond acceptors (Lipinski definition) is 5. The third-order valence-corrected chi connectivity index (χ3v) is 6.71. The number of carbonyl (C=O) groups is 1. The number of rotatable bonds is 4. The van der Waals surface area contributed by atoms with Gasteiger partial charge < -0.3 is 19.1 Å². The Bertz CT molecular complexity index is 970. The number of hydrogen-bond donors (Lipinski definition) is 0. The predicted octanol–water partition coefficient (Wildman–Crippen LogP) is 2.44. The van der Waals surface area contributed by atoms with Crippen LogP contribution in [0.5, 0.6) is 0 Å². The Labute approximate surface area is 177 Å². The molecule has 4 rings (SSSR count). The molecule has 2 aliphatic rings. The third-order valence-electron chi connectivity index (χ3n) is 6.71. The van der Waals surface area contributed by atoms with E-state index < -0.39 is 0 Å². The number of piperidine rings is 2. The number of ether oxygens (including phenoxy) is 1. The zero-order valence-corrected chi connectivity index (χ0v) is 18.3. The van der Waals surface area contributed by atoms with Crippen molar-refractivity contribution in [2.24, 2.45) is 0 Å². The van der Waals surface area contributed by atoms with Crippen LogP contribution in [0.3, 0.4) is 0 Å². The van der Waals surface area contributed by atoms with Crippen LogP contribution in [0.25, 0.3) is 11.0 Å². The van der Waals surface area contributed by atoms with E-state index in [0.29, 0.717) is 42.8 Å². The molecule has 0 N–H and O–H groups in total. The molecule has 30 heavy (non-hydrogen) atoms. The number of amides is 1. The highest BCUT2D eigenvalue weighted by molar-refractivity contribution is 5.97. The molecule has 2 fully saturated rings. The SMILES string of the molecule is CCn1cc(C(=O)N2CCC(N3CCC(OC)CC3)CC2)c(=O)c2ccc(C)nc21. The number of aromatic nitrogens is 2. The first-order valence-corrected chi connectivity index (χ1v) is 11.1. The van der Waals surface area contributed by atoms with Crippen molar-refractivity contribution >= 4 is 16.9 Å². The maximum absolute atomic E-state index is 13.2. The lowest BCUT2D eigenvalue weighted by Gasteiger charge is -2.41. The molecule has 7 nitrogen and oxygen atoms in total. The maximum Gasteiger partial charge on any atom is 0.259 e. The van der Waals surface area contributed by atoms with Gasteiger partial charge in [0.2, 0.25) is 5.43 Å². The molecule has 2 aromatic heterocycles. The smallest absolute Gasteiger partial charge is 0.259 e. The Balaban J connectivity index is 1.48. The van der Waals surface area contributed by atoms with Gasteiger partial charge in [-0.2, -0.15) is 0 Å². The Kier molecular flexibility index (Phi) is 6.20. The Morgan fingerprint density at radius 1 is 1.13 bits per heavy atom. The van der Waals surface area contributed by atoms with Crippen LogP contribution in [-0.4, -0.2) is 70.7 Å². The minimum atomic E-state index is -0.212. The summed E-state index contributed by atoms with van der Waals surface area (Å²) >= 11 is 0. The van der Waals surface area contributed by atoms with Crippen LogP contribution < -0.4 is 5.43 Å². The van der Waals surface area contributed by atoms with E-state index in [-0.39, 0.29) is 16.9 Å². The largest absolute Gasteiger partial charge is 0.381 e. The zero-order valence-electron chi connectivity index (χ0n) is 18.3. The molecular weight excluding hydrogens is 380 g/mol. The first-order chi connectivity index (χ1) is 14.5. The van der Waals surface area contributed by atoms with Gasteiger partial charge in [0.05, 0.1) is 11.5 Å². The number of fused-ring (bicyclic) bond motifs is 1. The fourth-order valence-corrected chi connectivity index (χ4v) is 4.83. The number of methoxy groups -OCH3 is 1. The van der Waals surface area contributed by atoms with E-state index in [1.165, 1.54) is 0 Å². The van der Waals surface area contributed by atoms with E-state index in [4.69, 9.17) is 4.74 Å². The lowest BCUT2D eigenvalue weighted by Crippen LogP contribution is -2.50. The van der Waals surface area contributed by atoms with Gasteiger partial charge >= 0.3 is 0 Å². The highest BCUT2D eigenvalue weighted by atomic mass is 16.5. The molecular formula is C23H32N4O3. The first-order valence-electron chi connectivity index (χ1n) is 11.1. The standard InChI is InChI=1S/C23H32N4O3/c1-4-25-15-20(21(28)19-6-5-16(2)24-22(19)25)23(29)27-11-7-17(8-12-27)26-13-9-18(30-3)10-14-26/h5-6,15,17-18H,4,7-14H2,1-3H3. The fraction of sp³-hybridized carbons (Fsp3) is 0.609. The molecule has 4 heterocycles. The topological polar surface area (TPSA) is 67.7 Å². The summed E-state index contributed by atoms with van der Waals surface area (Å²) in [5.74, 6) is -0.152. The minimum absolute atomic E-state index is 0.152. The second-order valence-corrected chi connectivity index (χ2v) is 8.48. The molecule has 0 aromatic carbocycles. The van der Waals surface area contributed by atoms with Gasteiger partial charge in [-0.3, -0.25) is 9.59 Å². The molecule has 0 aliphatic carbocycles. The average molecular weight is 413 g/mol. The number of nitrogens with zero attached hydrogens (tertiary/aromatic N) is 4. The molecule has 2 saturated heterocycles. The lowest BCUT2D eigenvalue weighted by molar-refractivity contribution is 0.0145. The van der Waals surface area contributed by atoms with Gasteiger partial charge in [-0.25, -0.2) is 4.98 Å². The summed E-state index contributed by atoms with van der Waals surface area (Å²) in [6.07, 6.45) is 6.16. The van der Waals surface area contributed by atoms with Crippen molar-refractivity contribution in [2.45, 2.75) is 58.2 Å². The van der Waals surface area contributed by atoms with Crippen molar-refractivity contribution in [2.75, 3.05) is 33.3 Å². The third kappa shape index (κ3) is 4.01. The van der Waals surface area contributed by atoms with E-state index in [2.05, 4.69) is 9.88 Å². The molecule has 0 radical (unpaired) electrons. The number of pyridine rings is 2.